The van der Waals surface area contributed by atoms with Crippen molar-refractivity contribution in [1.82, 2.24) is 15.1 Å². The first kappa shape index (κ1) is 20.6. The van der Waals surface area contributed by atoms with Gasteiger partial charge in [-0.3, -0.25) is 14.5 Å². The summed E-state index contributed by atoms with van der Waals surface area (Å²) in [4.78, 5) is 28.0. The average Bonchev–Trinajstić information content (AvgIpc) is 3.02. The number of ether oxygens (including phenoxy) is 1. The third-order valence-electron chi connectivity index (χ3n) is 5.91. The number of para-hydroxylation sites is 1. The number of halogens is 1. The van der Waals surface area contributed by atoms with Crippen molar-refractivity contribution < 1.29 is 18.7 Å². The Kier molecular flexibility index (Phi) is 6.88. The summed E-state index contributed by atoms with van der Waals surface area (Å²) in [5, 5.41) is 2.87. The van der Waals surface area contributed by atoms with Crippen molar-refractivity contribution in [2.75, 3.05) is 26.7 Å². The number of piperidine rings is 1. The van der Waals surface area contributed by atoms with Crippen LogP contribution in [0.15, 0.2) is 24.3 Å². The lowest BCUT2D eigenvalue weighted by Gasteiger charge is -2.34. The van der Waals surface area contributed by atoms with Crippen LogP contribution in [0.3, 0.4) is 0 Å². The first-order valence-electron chi connectivity index (χ1n) is 10.1. The maximum absolute atomic E-state index is 13.7. The molecule has 3 rings (SSSR count). The summed E-state index contributed by atoms with van der Waals surface area (Å²) in [6.07, 6.45) is 3.84. The van der Waals surface area contributed by atoms with Gasteiger partial charge in [-0.1, -0.05) is 12.1 Å². The van der Waals surface area contributed by atoms with Gasteiger partial charge in [-0.05, 0) is 32.0 Å². The van der Waals surface area contributed by atoms with Gasteiger partial charge < -0.3 is 15.0 Å². The summed E-state index contributed by atoms with van der Waals surface area (Å²) in [6.45, 7) is 3.44. The summed E-state index contributed by atoms with van der Waals surface area (Å²) in [7, 11) is 2.03. The van der Waals surface area contributed by atoms with E-state index in [0.717, 1.165) is 12.8 Å². The molecule has 0 spiro atoms. The number of amides is 2. The van der Waals surface area contributed by atoms with E-state index in [1.165, 1.54) is 13.0 Å². The second kappa shape index (κ2) is 9.37. The highest BCUT2D eigenvalue weighted by Gasteiger charge is 2.33. The molecule has 1 aromatic rings. The maximum Gasteiger partial charge on any atom is 0.224 e. The molecule has 1 aromatic carbocycles. The quantitative estimate of drug-likeness (QED) is 0.808. The van der Waals surface area contributed by atoms with Gasteiger partial charge in [0, 0.05) is 57.9 Å². The number of likely N-dealkylation sites (N-methyl/N-ethyl adjacent to an activating group) is 1. The number of carbonyl (C=O) groups excluding carboxylic acids is 2. The van der Waals surface area contributed by atoms with E-state index >= 15 is 0 Å². The van der Waals surface area contributed by atoms with E-state index in [1.54, 1.807) is 18.2 Å². The van der Waals surface area contributed by atoms with Gasteiger partial charge in [-0.2, -0.15) is 0 Å². The van der Waals surface area contributed by atoms with E-state index in [-0.39, 0.29) is 35.5 Å². The third kappa shape index (κ3) is 5.22. The average molecular weight is 391 g/mol. The lowest BCUT2D eigenvalue weighted by Crippen LogP contribution is -2.45. The minimum Gasteiger partial charge on any atom is -0.487 e. The molecule has 2 saturated heterocycles. The van der Waals surface area contributed by atoms with Crippen LogP contribution in [0.5, 0.6) is 5.75 Å². The number of carbonyl (C=O) groups is 2. The highest BCUT2D eigenvalue weighted by Crippen LogP contribution is 2.26. The molecule has 6 nitrogen and oxygen atoms in total. The summed E-state index contributed by atoms with van der Waals surface area (Å²) in [5.41, 5.74) is 0. The molecule has 2 aliphatic heterocycles. The van der Waals surface area contributed by atoms with Gasteiger partial charge in [0.25, 0.3) is 0 Å². The van der Waals surface area contributed by atoms with Crippen LogP contribution in [0.4, 0.5) is 4.39 Å². The second-order valence-electron chi connectivity index (χ2n) is 7.82. The van der Waals surface area contributed by atoms with Crippen LogP contribution < -0.4 is 10.1 Å². The number of hydrogen-bond acceptors (Lipinski definition) is 4. The number of nitrogens with one attached hydrogen (secondary N) is 1. The van der Waals surface area contributed by atoms with Crippen LogP contribution in [0.1, 0.15) is 39.0 Å². The molecule has 2 atom stereocenters. The van der Waals surface area contributed by atoms with Crippen molar-refractivity contribution in [3.05, 3.63) is 30.1 Å². The molecule has 2 aliphatic rings. The minimum absolute atomic E-state index is 0.0200. The Morgan fingerprint density at radius 2 is 1.82 bits per heavy atom. The molecule has 0 unspecified atom stereocenters. The van der Waals surface area contributed by atoms with Crippen LogP contribution in [0.25, 0.3) is 0 Å². The second-order valence-corrected chi connectivity index (χ2v) is 7.82. The predicted octanol–water partition coefficient (Wildman–Crippen LogP) is 2.18. The highest BCUT2D eigenvalue weighted by atomic mass is 19.1. The topological polar surface area (TPSA) is 61.9 Å². The van der Waals surface area contributed by atoms with Crippen LogP contribution >= 0.6 is 0 Å². The van der Waals surface area contributed by atoms with Crippen LogP contribution in [0.2, 0.25) is 0 Å². The molecule has 28 heavy (non-hydrogen) atoms. The first-order valence-corrected chi connectivity index (χ1v) is 10.1. The van der Waals surface area contributed by atoms with Gasteiger partial charge in [0.05, 0.1) is 0 Å². The van der Waals surface area contributed by atoms with Crippen LogP contribution in [0, 0.1) is 5.82 Å². The van der Waals surface area contributed by atoms with E-state index in [4.69, 9.17) is 4.74 Å². The third-order valence-corrected chi connectivity index (χ3v) is 5.91. The fourth-order valence-electron chi connectivity index (χ4n) is 4.12. The zero-order chi connectivity index (χ0) is 20.1. The Morgan fingerprint density at radius 1 is 1.14 bits per heavy atom. The monoisotopic (exact) mass is 391 g/mol. The van der Waals surface area contributed by atoms with E-state index in [2.05, 4.69) is 10.2 Å². The standard InChI is InChI=1S/C21H30FN3O3/c1-15(26)23-14-17-8-7-16(24(17)2)13-21(27)25-11-9-18(10-12-25)28-20-6-4-3-5-19(20)22/h3-6,16-18H,7-14H2,1-2H3,(H,23,26)/t16-,17+/m0/s1. The molecule has 0 bridgehead atoms. The zero-order valence-electron chi connectivity index (χ0n) is 16.7. The van der Waals surface area contributed by atoms with Crippen molar-refractivity contribution in [2.45, 2.75) is 57.2 Å². The molecule has 2 heterocycles. The lowest BCUT2D eigenvalue weighted by atomic mass is 10.1. The number of likely N-dealkylation sites (tertiary alicyclic amines) is 2. The molecule has 1 N–H and O–H groups in total. The molecule has 7 heteroatoms. The molecule has 0 aromatic heterocycles. The molecule has 2 amide bonds. The summed E-state index contributed by atoms with van der Waals surface area (Å²) >= 11 is 0. The summed E-state index contributed by atoms with van der Waals surface area (Å²) in [5.74, 6) is 0.0823. The molecule has 0 radical (unpaired) electrons. The SMILES string of the molecule is CC(=O)NC[C@H]1CC[C@@H](CC(=O)N2CCC(Oc3ccccc3F)CC2)N1C. The highest BCUT2D eigenvalue weighted by molar-refractivity contribution is 5.77. The Labute approximate surface area is 166 Å². The van der Waals surface area contributed by atoms with Gasteiger partial charge in [-0.25, -0.2) is 4.39 Å². The Morgan fingerprint density at radius 3 is 2.50 bits per heavy atom. The Hall–Kier alpha value is -2.15. The van der Waals surface area contributed by atoms with E-state index in [0.29, 0.717) is 44.9 Å². The van der Waals surface area contributed by atoms with Gasteiger partial charge in [0.2, 0.25) is 11.8 Å². The van der Waals surface area contributed by atoms with Crippen molar-refractivity contribution in [3.8, 4) is 5.75 Å². The lowest BCUT2D eigenvalue weighted by molar-refractivity contribution is -0.134. The van der Waals surface area contributed by atoms with Crippen molar-refractivity contribution in [1.29, 1.82) is 0 Å². The molecule has 0 saturated carbocycles. The van der Waals surface area contributed by atoms with E-state index in [1.807, 2.05) is 11.9 Å². The van der Waals surface area contributed by atoms with Gasteiger partial charge >= 0.3 is 0 Å². The number of nitrogens with zero attached hydrogens (tertiary/aromatic N) is 2. The summed E-state index contributed by atoms with van der Waals surface area (Å²) < 4.78 is 19.5. The molecular weight excluding hydrogens is 361 g/mol. The Bertz CT molecular complexity index is 691. The molecule has 154 valence electrons. The first-order chi connectivity index (χ1) is 13.4. The van der Waals surface area contributed by atoms with Crippen LogP contribution in [-0.2, 0) is 9.59 Å². The predicted molar refractivity (Wildman–Crippen MR) is 105 cm³/mol. The zero-order valence-corrected chi connectivity index (χ0v) is 16.7. The fourth-order valence-corrected chi connectivity index (χ4v) is 4.12. The molecule has 2 fully saturated rings. The van der Waals surface area contributed by atoms with E-state index < -0.39 is 0 Å². The number of rotatable bonds is 6. The van der Waals surface area contributed by atoms with Crippen molar-refractivity contribution >= 4 is 11.8 Å². The smallest absolute Gasteiger partial charge is 0.224 e. The van der Waals surface area contributed by atoms with Crippen molar-refractivity contribution in [3.63, 3.8) is 0 Å². The number of benzene rings is 1. The van der Waals surface area contributed by atoms with Crippen molar-refractivity contribution in [2.24, 2.45) is 0 Å². The van der Waals surface area contributed by atoms with E-state index in [9.17, 15) is 14.0 Å². The van der Waals surface area contributed by atoms with Crippen LogP contribution in [-0.4, -0.2) is 66.5 Å². The Balaban J connectivity index is 1.43. The maximum atomic E-state index is 13.7. The normalized spacial score (nSPS) is 23.6. The largest absolute Gasteiger partial charge is 0.487 e. The van der Waals surface area contributed by atoms with Gasteiger partial charge in [-0.15, -0.1) is 0 Å². The van der Waals surface area contributed by atoms with Gasteiger partial charge in [0.15, 0.2) is 11.6 Å². The summed E-state index contributed by atoms with van der Waals surface area (Å²) in [6, 6.07) is 6.95. The molecule has 0 aliphatic carbocycles. The molecular formula is C21H30FN3O3. The minimum atomic E-state index is -0.348. The fraction of sp³-hybridized carbons (Fsp3) is 0.619. The van der Waals surface area contributed by atoms with Gasteiger partial charge in [0.1, 0.15) is 6.10 Å². The number of hydrogen-bond donors (Lipinski definition) is 1.